The Balaban J connectivity index is 1.42. The average molecular weight is 396 g/mol. The van der Waals surface area contributed by atoms with Crippen LogP contribution in [0.2, 0.25) is 0 Å². The molecule has 0 spiro atoms. The fraction of sp³-hybridized carbons (Fsp3) is 0.143. The van der Waals surface area contributed by atoms with Crippen molar-refractivity contribution in [3.8, 4) is 11.4 Å². The van der Waals surface area contributed by atoms with Crippen molar-refractivity contribution in [3.63, 3.8) is 0 Å². The van der Waals surface area contributed by atoms with Gasteiger partial charge in [-0.05, 0) is 18.6 Å². The molecule has 0 aliphatic heterocycles. The molecule has 6 nitrogen and oxygen atoms in total. The van der Waals surface area contributed by atoms with E-state index in [0.29, 0.717) is 24.0 Å². The zero-order valence-corrected chi connectivity index (χ0v) is 15.4. The Bertz CT molecular complexity index is 995. The number of halogens is 2. The van der Waals surface area contributed by atoms with Crippen molar-refractivity contribution in [1.82, 2.24) is 15.3 Å². The minimum absolute atomic E-state index is 0.145. The number of nitrogens with one attached hydrogen (secondary N) is 2. The zero-order chi connectivity index (χ0) is 20.6. The summed E-state index contributed by atoms with van der Waals surface area (Å²) in [5.41, 5.74) is 1.09. The van der Waals surface area contributed by atoms with Crippen LogP contribution in [0.4, 0.5) is 14.5 Å². The molecule has 0 atom stereocenters. The minimum Gasteiger partial charge on any atom is -0.352 e. The Morgan fingerprint density at radius 2 is 1.69 bits per heavy atom. The van der Waals surface area contributed by atoms with Crippen LogP contribution in [0.1, 0.15) is 23.2 Å². The number of rotatable bonds is 7. The fourth-order valence-corrected chi connectivity index (χ4v) is 2.57. The number of hydrogen-bond donors (Lipinski definition) is 2. The maximum absolute atomic E-state index is 13.5. The Morgan fingerprint density at radius 3 is 2.38 bits per heavy atom. The number of hydrogen-bond acceptors (Lipinski definition) is 4. The van der Waals surface area contributed by atoms with Crippen LogP contribution in [0.5, 0.6) is 0 Å². The van der Waals surface area contributed by atoms with Crippen LogP contribution in [0.25, 0.3) is 11.4 Å². The topological polar surface area (TPSA) is 84.0 Å². The molecule has 3 rings (SSSR count). The van der Waals surface area contributed by atoms with Gasteiger partial charge in [-0.3, -0.25) is 9.59 Å². The summed E-state index contributed by atoms with van der Waals surface area (Å²) in [6, 6.07) is 12.2. The molecule has 2 N–H and O–H groups in total. The lowest BCUT2D eigenvalue weighted by molar-refractivity contribution is -0.116. The van der Waals surface area contributed by atoms with Crippen molar-refractivity contribution in [2.75, 3.05) is 11.9 Å². The molecule has 0 saturated heterocycles. The van der Waals surface area contributed by atoms with E-state index in [9.17, 15) is 18.4 Å². The van der Waals surface area contributed by atoms with Gasteiger partial charge in [0.05, 0.1) is 23.6 Å². The van der Waals surface area contributed by atoms with Crippen LogP contribution in [0.3, 0.4) is 0 Å². The van der Waals surface area contributed by atoms with Crippen LogP contribution in [0.15, 0.2) is 60.9 Å². The molecule has 0 radical (unpaired) electrons. The normalized spacial score (nSPS) is 10.4. The van der Waals surface area contributed by atoms with Gasteiger partial charge < -0.3 is 10.6 Å². The summed E-state index contributed by atoms with van der Waals surface area (Å²) in [7, 11) is 0. The molecule has 29 heavy (non-hydrogen) atoms. The molecule has 3 aromatic rings. The van der Waals surface area contributed by atoms with E-state index in [-0.39, 0.29) is 24.4 Å². The number of nitrogens with zero attached hydrogens (tertiary/aromatic N) is 2. The lowest BCUT2D eigenvalue weighted by Gasteiger charge is -2.07. The lowest BCUT2D eigenvalue weighted by Crippen LogP contribution is -2.26. The summed E-state index contributed by atoms with van der Waals surface area (Å²) in [5.74, 6) is -2.05. The van der Waals surface area contributed by atoms with Gasteiger partial charge in [0.2, 0.25) is 5.91 Å². The third kappa shape index (κ3) is 5.65. The molecule has 8 heteroatoms. The monoisotopic (exact) mass is 396 g/mol. The molecule has 1 heterocycles. The summed E-state index contributed by atoms with van der Waals surface area (Å²) in [6.07, 6.45) is 3.54. The molecule has 0 bridgehead atoms. The van der Waals surface area contributed by atoms with E-state index in [1.807, 2.05) is 30.3 Å². The van der Waals surface area contributed by atoms with Gasteiger partial charge in [0.1, 0.15) is 11.6 Å². The fourth-order valence-electron chi connectivity index (χ4n) is 2.57. The second-order valence-corrected chi connectivity index (χ2v) is 6.19. The Morgan fingerprint density at radius 1 is 0.966 bits per heavy atom. The van der Waals surface area contributed by atoms with E-state index in [4.69, 9.17) is 0 Å². The van der Waals surface area contributed by atoms with Crippen LogP contribution in [-0.4, -0.2) is 28.3 Å². The van der Waals surface area contributed by atoms with Gasteiger partial charge in [0, 0.05) is 24.6 Å². The first kappa shape index (κ1) is 20.1. The minimum atomic E-state index is -0.931. The molecule has 0 saturated carbocycles. The molecule has 2 amide bonds. The first-order valence-corrected chi connectivity index (χ1v) is 8.93. The summed E-state index contributed by atoms with van der Waals surface area (Å²) < 4.78 is 26.4. The van der Waals surface area contributed by atoms with E-state index >= 15 is 0 Å². The Hall–Kier alpha value is -3.68. The van der Waals surface area contributed by atoms with E-state index in [0.717, 1.165) is 17.7 Å². The highest BCUT2D eigenvalue weighted by molar-refractivity contribution is 5.94. The van der Waals surface area contributed by atoms with Crippen LogP contribution >= 0.6 is 0 Å². The van der Waals surface area contributed by atoms with Gasteiger partial charge in [-0.15, -0.1) is 0 Å². The first-order valence-electron chi connectivity index (χ1n) is 8.93. The predicted molar refractivity (Wildman–Crippen MR) is 104 cm³/mol. The average Bonchev–Trinajstić information content (AvgIpc) is 2.72. The summed E-state index contributed by atoms with van der Waals surface area (Å²) >= 11 is 0. The molecule has 0 aliphatic carbocycles. The number of amides is 2. The summed E-state index contributed by atoms with van der Waals surface area (Å²) in [4.78, 5) is 32.3. The molecule has 148 valence electrons. The van der Waals surface area contributed by atoms with Gasteiger partial charge in [0.15, 0.2) is 5.82 Å². The molecular weight excluding hydrogens is 378 g/mol. The van der Waals surface area contributed by atoms with Crippen molar-refractivity contribution in [2.24, 2.45) is 0 Å². The van der Waals surface area contributed by atoms with Crippen molar-refractivity contribution >= 4 is 17.5 Å². The predicted octanol–water partition coefficient (Wildman–Crippen LogP) is 3.57. The highest BCUT2D eigenvalue weighted by Gasteiger charge is 2.12. The molecule has 0 fully saturated rings. The number of carbonyl (C=O) groups is 2. The Kier molecular flexibility index (Phi) is 6.57. The van der Waals surface area contributed by atoms with E-state index in [1.165, 1.54) is 12.4 Å². The van der Waals surface area contributed by atoms with Gasteiger partial charge in [-0.2, -0.15) is 0 Å². The van der Waals surface area contributed by atoms with Crippen LogP contribution < -0.4 is 10.6 Å². The summed E-state index contributed by atoms with van der Waals surface area (Å²) in [5, 5.41) is 5.18. The highest BCUT2D eigenvalue weighted by atomic mass is 19.1. The van der Waals surface area contributed by atoms with Crippen molar-refractivity contribution < 1.29 is 18.4 Å². The Labute approximate surface area is 166 Å². The van der Waals surface area contributed by atoms with Gasteiger partial charge in [0.25, 0.3) is 5.91 Å². The van der Waals surface area contributed by atoms with E-state index < -0.39 is 17.5 Å². The quantitative estimate of drug-likeness (QED) is 0.598. The first-order chi connectivity index (χ1) is 14.0. The van der Waals surface area contributed by atoms with Crippen molar-refractivity contribution in [3.05, 3.63) is 78.1 Å². The molecule has 1 aromatic heterocycles. The SMILES string of the molecule is O=C(CCCNC(=O)c1ccc(F)cc1F)Nc1cnc(-c2ccccc2)nc1. The number of aromatic nitrogens is 2. The van der Waals surface area contributed by atoms with Gasteiger partial charge in [-0.25, -0.2) is 18.7 Å². The van der Waals surface area contributed by atoms with Gasteiger partial charge >= 0.3 is 0 Å². The standard InChI is InChI=1S/C21H18F2N4O2/c22-15-8-9-17(18(23)11-15)21(29)24-10-4-7-19(28)27-16-12-25-20(26-13-16)14-5-2-1-3-6-14/h1-3,5-6,8-9,11-13H,4,7,10H2,(H,24,29)(H,27,28). The van der Waals surface area contributed by atoms with Crippen molar-refractivity contribution in [1.29, 1.82) is 0 Å². The smallest absolute Gasteiger partial charge is 0.254 e. The maximum Gasteiger partial charge on any atom is 0.254 e. The van der Waals surface area contributed by atoms with Gasteiger partial charge in [-0.1, -0.05) is 30.3 Å². The highest BCUT2D eigenvalue weighted by Crippen LogP contribution is 2.15. The van der Waals surface area contributed by atoms with E-state index in [1.54, 1.807) is 0 Å². The second kappa shape index (κ2) is 9.50. The lowest BCUT2D eigenvalue weighted by atomic mass is 10.2. The summed E-state index contributed by atoms with van der Waals surface area (Å²) in [6.45, 7) is 0.173. The van der Waals surface area contributed by atoms with Crippen LogP contribution in [-0.2, 0) is 4.79 Å². The molecule has 0 unspecified atom stereocenters. The molecular formula is C21H18F2N4O2. The van der Waals surface area contributed by atoms with E-state index in [2.05, 4.69) is 20.6 Å². The third-order valence-electron chi connectivity index (χ3n) is 4.01. The maximum atomic E-state index is 13.5. The molecule has 0 aliphatic rings. The molecule has 2 aromatic carbocycles. The number of anilines is 1. The zero-order valence-electron chi connectivity index (χ0n) is 15.4. The van der Waals surface area contributed by atoms with Crippen molar-refractivity contribution in [2.45, 2.75) is 12.8 Å². The number of benzene rings is 2. The largest absolute Gasteiger partial charge is 0.352 e. The number of carbonyl (C=O) groups excluding carboxylic acids is 2. The third-order valence-corrected chi connectivity index (χ3v) is 4.01. The second-order valence-electron chi connectivity index (χ2n) is 6.19. The van der Waals surface area contributed by atoms with Crippen LogP contribution in [0, 0.1) is 11.6 Å².